The smallest absolute Gasteiger partial charge is 0.195 e. The van der Waals surface area contributed by atoms with Crippen molar-refractivity contribution in [3.63, 3.8) is 0 Å². The molecule has 82 valence electrons. The molecule has 0 saturated heterocycles. The molecule has 0 N–H and O–H groups in total. The molecule has 3 rings (SSSR count). The number of ketones is 1. The van der Waals surface area contributed by atoms with Gasteiger partial charge in [-0.05, 0) is 31.4 Å². The maximum Gasteiger partial charge on any atom is 0.195 e. The molecule has 1 saturated carbocycles. The third kappa shape index (κ3) is 1.28. The van der Waals surface area contributed by atoms with Crippen LogP contribution in [0.2, 0.25) is 0 Å². The molecule has 0 radical (unpaired) electrons. The number of hydrogen-bond acceptors (Lipinski definition) is 2. The van der Waals surface area contributed by atoms with Gasteiger partial charge in [-0.3, -0.25) is 4.79 Å². The minimum atomic E-state index is 0.0584. The second-order valence-corrected chi connectivity index (χ2v) is 4.44. The van der Waals surface area contributed by atoms with Gasteiger partial charge in [0.25, 0.3) is 0 Å². The minimum absolute atomic E-state index is 0.0584. The van der Waals surface area contributed by atoms with Crippen molar-refractivity contribution in [2.24, 2.45) is 0 Å². The van der Waals surface area contributed by atoms with Crippen LogP contribution in [0.1, 0.15) is 42.8 Å². The van der Waals surface area contributed by atoms with Gasteiger partial charge in [0.2, 0.25) is 0 Å². The van der Waals surface area contributed by atoms with Crippen LogP contribution in [0.25, 0.3) is 11.0 Å². The summed E-state index contributed by atoms with van der Waals surface area (Å²) < 4.78 is 2.13. The number of nitrogens with zero attached hydrogens (tertiary/aromatic N) is 2. The standard InChI is InChI=1S/C13H14N2O/c1-9(16)13-14-11-7-2-3-8-12(11)15(13)10-5-4-6-10/h2-3,7-8,10H,4-6H2,1H3. The molecular weight excluding hydrogens is 200 g/mol. The van der Waals surface area contributed by atoms with Crippen molar-refractivity contribution in [3.05, 3.63) is 30.1 Å². The van der Waals surface area contributed by atoms with Crippen molar-refractivity contribution in [1.82, 2.24) is 9.55 Å². The van der Waals surface area contributed by atoms with E-state index in [1.54, 1.807) is 6.92 Å². The molecule has 1 aliphatic rings. The molecule has 16 heavy (non-hydrogen) atoms. The van der Waals surface area contributed by atoms with Crippen molar-refractivity contribution in [1.29, 1.82) is 0 Å². The van der Waals surface area contributed by atoms with Crippen molar-refractivity contribution in [2.75, 3.05) is 0 Å². The van der Waals surface area contributed by atoms with E-state index in [9.17, 15) is 4.79 Å². The van der Waals surface area contributed by atoms with Crippen LogP contribution < -0.4 is 0 Å². The maximum atomic E-state index is 11.6. The molecule has 0 unspecified atom stereocenters. The second-order valence-electron chi connectivity index (χ2n) is 4.44. The summed E-state index contributed by atoms with van der Waals surface area (Å²) in [5.74, 6) is 0.675. The van der Waals surface area contributed by atoms with Crippen LogP contribution in [-0.4, -0.2) is 15.3 Å². The molecule has 1 aromatic carbocycles. The number of rotatable bonds is 2. The fourth-order valence-corrected chi connectivity index (χ4v) is 2.31. The normalized spacial score (nSPS) is 16.3. The zero-order valence-corrected chi connectivity index (χ0v) is 9.31. The van der Waals surface area contributed by atoms with Crippen LogP contribution >= 0.6 is 0 Å². The summed E-state index contributed by atoms with van der Waals surface area (Å²) in [6.07, 6.45) is 3.59. The quantitative estimate of drug-likeness (QED) is 0.720. The van der Waals surface area contributed by atoms with Crippen LogP contribution in [0.4, 0.5) is 0 Å². The molecule has 0 bridgehead atoms. The number of Topliss-reactive ketones (excluding diaryl/α,β-unsaturated/α-hetero) is 1. The van der Waals surface area contributed by atoms with Gasteiger partial charge in [0.15, 0.2) is 11.6 Å². The fraction of sp³-hybridized carbons (Fsp3) is 0.385. The molecule has 1 aliphatic carbocycles. The number of carbonyl (C=O) groups excluding carboxylic acids is 1. The molecule has 3 heteroatoms. The second kappa shape index (κ2) is 3.44. The van der Waals surface area contributed by atoms with Gasteiger partial charge in [-0.25, -0.2) is 4.98 Å². The summed E-state index contributed by atoms with van der Waals surface area (Å²) in [7, 11) is 0. The fourth-order valence-electron chi connectivity index (χ4n) is 2.31. The first kappa shape index (κ1) is 9.58. The number of imidazole rings is 1. The highest BCUT2D eigenvalue weighted by Crippen LogP contribution is 2.35. The summed E-state index contributed by atoms with van der Waals surface area (Å²) in [4.78, 5) is 16.0. The van der Waals surface area contributed by atoms with Gasteiger partial charge >= 0.3 is 0 Å². The minimum Gasteiger partial charge on any atom is -0.318 e. The van der Waals surface area contributed by atoms with Crippen LogP contribution in [-0.2, 0) is 0 Å². The number of para-hydroxylation sites is 2. The van der Waals surface area contributed by atoms with Crippen molar-refractivity contribution in [3.8, 4) is 0 Å². The van der Waals surface area contributed by atoms with E-state index in [1.807, 2.05) is 24.3 Å². The van der Waals surface area contributed by atoms with E-state index in [0.717, 1.165) is 11.0 Å². The van der Waals surface area contributed by atoms with Gasteiger partial charge in [-0.1, -0.05) is 12.1 Å². The monoisotopic (exact) mass is 214 g/mol. The lowest BCUT2D eigenvalue weighted by atomic mass is 9.92. The molecule has 0 aliphatic heterocycles. The molecule has 1 fully saturated rings. The average molecular weight is 214 g/mol. The van der Waals surface area contributed by atoms with Crippen LogP contribution in [0.3, 0.4) is 0 Å². The van der Waals surface area contributed by atoms with Gasteiger partial charge in [0.05, 0.1) is 11.0 Å². The van der Waals surface area contributed by atoms with Crippen molar-refractivity contribution in [2.45, 2.75) is 32.2 Å². The number of carbonyl (C=O) groups is 1. The predicted molar refractivity (Wildman–Crippen MR) is 62.6 cm³/mol. The van der Waals surface area contributed by atoms with Gasteiger partial charge in [0, 0.05) is 13.0 Å². The van der Waals surface area contributed by atoms with E-state index in [4.69, 9.17) is 0 Å². The highest BCUT2D eigenvalue weighted by Gasteiger charge is 2.25. The third-order valence-corrected chi connectivity index (χ3v) is 3.35. The highest BCUT2D eigenvalue weighted by molar-refractivity contribution is 5.94. The first-order valence-corrected chi connectivity index (χ1v) is 5.75. The Morgan fingerprint density at radius 2 is 2.12 bits per heavy atom. The Hall–Kier alpha value is -1.64. The molecule has 1 aromatic heterocycles. The van der Waals surface area contributed by atoms with E-state index in [1.165, 1.54) is 19.3 Å². The SMILES string of the molecule is CC(=O)c1nc2ccccc2n1C1CCC1. The van der Waals surface area contributed by atoms with Crippen molar-refractivity contribution < 1.29 is 4.79 Å². The number of fused-ring (bicyclic) bond motifs is 1. The van der Waals surface area contributed by atoms with Gasteiger partial charge < -0.3 is 4.57 Å². The van der Waals surface area contributed by atoms with E-state index >= 15 is 0 Å². The lowest BCUT2D eigenvalue weighted by Crippen LogP contribution is -2.20. The molecule has 2 aromatic rings. The van der Waals surface area contributed by atoms with Crippen LogP contribution in [0.15, 0.2) is 24.3 Å². The molecule has 1 heterocycles. The number of benzene rings is 1. The molecular formula is C13H14N2O. The Morgan fingerprint density at radius 3 is 2.75 bits per heavy atom. The molecule has 3 nitrogen and oxygen atoms in total. The summed E-state index contributed by atoms with van der Waals surface area (Å²) >= 11 is 0. The summed E-state index contributed by atoms with van der Waals surface area (Å²) in [5.41, 5.74) is 2.03. The average Bonchev–Trinajstić information content (AvgIpc) is 2.56. The lowest BCUT2D eigenvalue weighted by molar-refractivity contribution is 0.0994. The third-order valence-electron chi connectivity index (χ3n) is 3.35. The van der Waals surface area contributed by atoms with Gasteiger partial charge in [0.1, 0.15) is 0 Å². The largest absolute Gasteiger partial charge is 0.318 e. The highest BCUT2D eigenvalue weighted by atomic mass is 16.1. The van der Waals surface area contributed by atoms with E-state index in [-0.39, 0.29) is 5.78 Å². The lowest BCUT2D eigenvalue weighted by Gasteiger charge is -2.28. The Balaban J connectivity index is 2.26. The van der Waals surface area contributed by atoms with Crippen molar-refractivity contribution >= 4 is 16.8 Å². The summed E-state index contributed by atoms with van der Waals surface area (Å²) in [6.45, 7) is 1.59. The van der Waals surface area contributed by atoms with Crippen LogP contribution in [0, 0.1) is 0 Å². The Morgan fingerprint density at radius 1 is 1.38 bits per heavy atom. The number of hydrogen-bond donors (Lipinski definition) is 0. The Kier molecular flexibility index (Phi) is 2.06. The summed E-state index contributed by atoms with van der Waals surface area (Å²) in [6, 6.07) is 8.46. The maximum absolute atomic E-state index is 11.6. The van der Waals surface area contributed by atoms with E-state index in [2.05, 4.69) is 9.55 Å². The van der Waals surface area contributed by atoms with E-state index < -0.39 is 0 Å². The Labute approximate surface area is 94.1 Å². The summed E-state index contributed by atoms with van der Waals surface area (Å²) in [5, 5.41) is 0. The number of aromatic nitrogens is 2. The Bertz CT molecular complexity index is 552. The van der Waals surface area contributed by atoms with Gasteiger partial charge in [-0.15, -0.1) is 0 Å². The first-order chi connectivity index (χ1) is 7.77. The predicted octanol–water partition coefficient (Wildman–Crippen LogP) is 2.96. The van der Waals surface area contributed by atoms with E-state index in [0.29, 0.717) is 11.9 Å². The molecule has 0 amide bonds. The zero-order valence-electron chi connectivity index (χ0n) is 9.31. The molecule has 0 spiro atoms. The zero-order chi connectivity index (χ0) is 11.1. The van der Waals surface area contributed by atoms with Gasteiger partial charge in [-0.2, -0.15) is 0 Å². The first-order valence-electron chi connectivity index (χ1n) is 5.75. The van der Waals surface area contributed by atoms with Crippen LogP contribution in [0.5, 0.6) is 0 Å². The molecule has 0 atom stereocenters. The topological polar surface area (TPSA) is 34.9 Å².